The first-order valence-electron chi connectivity index (χ1n) is 4.50. The van der Waals surface area contributed by atoms with Gasteiger partial charge in [0.25, 0.3) is 0 Å². The van der Waals surface area contributed by atoms with E-state index >= 15 is 0 Å². The van der Waals surface area contributed by atoms with Crippen molar-refractivity contribution in [2.24, 2.45) is 5.73 Å². The average molecular weight is 207 g/mol. The highest BCUT2D eigenvalue weighted by Gasteiger charge is 2.55. The van der Waals surface area contributed by atoms with E-state index in [-0.39, 0.29) is 0 Å². The molecule has 0 radical (unpaired) electrons. The predicted molar refractivity (Wildman–Crippen MR) is 54.3 cm³/mol. The maximum Gasteiger partial charge on any atom is 0.521 e. The minimum Gasteiger partial charge on any atom is -0.376 e. The Hall–Kier alpha value is 0.0569. The van der Waals surface area contributed by atoms with Crippen LogP contribution in [-0.4, -0.2) is 35.3 Å². The van der Waals surface area contributed by atoms with Crippen molar-refractivity contribution in [3.8, 4) is 0 Å². The summed E-state index contributed by atoms with van der Waals surface area (Å²) in [4.78, 5) is 0. The minimum absolute atomic E-state index is 0.481. The third-order valence-corrected chi connectivity index (χ3v) is 6.22. The summed E-state index contributed by atoms with van der Waals surface area (Å²) in [7, 11) is 2.08. The van der Waals surface area contributed by atoms with Crippen molar-refractivity contribution in [3.05, 3.63) is 0 Å². The fourth-order valence-corrected chi connectivity index (χ4v) is 4.13. The van der Waals surface area contributed by atoms with Gasteiger partial charge in [0, 0.05) is 21.3 Å². The van der Waals surface area contributed by atoms with Gasteiger partial charge < -0.3 is 19.0 Å². The molecule has 0 atom stereocenters. The second-order valence-corrected chi connectivity index (χ2v) is 6.36. The molecule has 0 saturated carbocycles. The summed E-state index contributed by atoms with van der Waals surface area (Å²) in [6, 6.07) is 0. The number of hydrogen-bond donors (Lipinski definition) is 1. The van der Waals surface area contributed by atoms with Gasteiger partial charge in [-0.05, 0) is 12.8 Å². The van der Waals surface area contributed by atoms with E-state index in [1.807, 2.05) is 13.8 Å². The SMILES string of the molecule is CCC(N)(CC)[Si](OC)(OC)OC. The summed E-state index contributed by atoms with van der Waals surface area (Å²) in [6.07, 6.45) is 1.57. The van der Waals surface area contributed by atoms with Crippen LogP contribution < -0.4 is 5.73 Å². The zero-order chi connectivity index (χ0) is 10.5. The summed E-state index contributed by atoms with van der Waals surface area (Å²) in [5, 5.41) is -0.481. The maximum atomic E-state index is 6.19. The molecular formula is C8H21NO3Si. The lowest BCUT2D eigenvalue weighted by Gasteiger charge is -2.39. The van der Waals surface area contributed by atoms with Gasteiger partial charge in [-0.1, -0.05) is 13.8 Å². The van der Waals surface area contributed by atoms with Gasteiger partial charge in [-0.15, -0.1) is 0 Å². The lowest BCUT2D eigenvalue weighted by Crippen LogP contribution is -2.68. The molecule has 0 rings (SSSR count). The van der Waals surface area contributed by atoms with Crippen LogP contribution in [0.25, 0.3) is 0 Å². The van der Waals surface area contributed by atoms with Gasteiger partial charge >= 0.3 is 8.80 Å². The van der Waals surface area contributed by atoms with Gasteiger partial charge in [-0.3, -0.25) is 0 Å². The normalized spacial score (nSPS) is 13.4. The predicted octanol–water partition coefficient (Wildman–Crippen LogP) is 0.921. The van der Waals surface area contributed by atoms with Crippen LogP contribution in [0, 0.1) is 0 Å². The van der Waals surface area contributed by atoms with Gasteiger partial charge in [0.15, 0.2) is 0 Å². The molecule has 80 valence electrons. The first kappa shape index (κ1) is 13.1. The molecule has 0 saturated heterocycles. The molecular weight excluding hydrogens is 186 g/mol. The fraction of sp³-hybridized carbons (Fsp3) is 1.00. The highest BCUT2D eigenvalue weighted by molar-refractivity contribution is 6.64. The number of nitrogens with two attached hydrogens (primary N) is 1. The standard InChI is InChI=1S/C8H21NO3Si/c1-6-8(9,7-2)13(10-3,11-4)12-5/h6-7,9H2,1-5H3. The Balaban J connectivity index is 4.87. The van der Waals surface area contributed by atoms with E-state index < -0.39 is 14.0 Å². The molecule has 0 bridgehead atoms. The van der Waals surface area contributed by atoms with Crippen molar-refractivity contribution in [1.29, 1.82) is 0 Å². The Morgan fingerprint density at radius 3 is 1.38 bits per heavy atom. The summed E-state index contributed by atoms with van der Waals surface area (Å²) >= 11 is 0. The molecule has 0 spiro atoms. The van der Waals surface area contributed by atoms with Crippen LogP contribution in [0.4, 0.5) is 0 Å². The summed E-state index contributed by atoms with van der Waals surface area (Å²) < 4.78 is 16.1. The van der Waals surface area contributed by atoms with Crippen LogP contribution in [0.3, 0.4) is 0 Å². The van der Waals surface area contributed by atoms with E-state index in [1.165, 1.54) is 0 Å². The Bertz CT molecular complexity index is 138. The lowest BCUT2D eigenvalue weighted by atomic mass is 10.2. The molecule has 0 aliphatic carbocycles. The molecule has 0 fully saturated rings. The maximum absolute atomic E-state index is 6.19. The van der Waals surface area contributed by atoms with E-state index in [2.05, 4.69) is 0 Å². The van der Waals surface area contributed by atoms with Gasteiger partial charge in [0.2, 0.25) is 0 Å². The molecule has 0 aromatic heterocycles. The Kier molecular flexibility index (Phi) is 5.09. The van der Waals surface area contributed by atoms with E-state index in [0.29, 0.717) is 0 Å². The topological polar surface area (TPSA) is 53.7 Å². The largest absolute Gasteiger partial charge is 0.521 e. The van der Waals surface area contributed by atoms with Crippen molar-refractivity contribution >= 4 is 8.80 Å². The molecule has 0 aromatic rings. The van der Waals surface area contributed by atoms with E-state index in [1.54, 1.807) is 21.3 Å². The minimum atomic E-state index is -2.69. The molecule has 13 heavy (non-hydrogen) atoms. The summed E-state index contributed by atoms with van der Waals surface area (Å²) in [5.74, 6) is 0. The van der Waals surface area contributed by atoms with Crippen LogP contribution in [-0.2, 0) is 13.3 Å². The molecule has 0 aromatic carbocycles. The van der Waals surface area contributed by atoms with Crippen LogP contribution in [0.2, 0.25) is 0 Å². The quantitative estimate of drug-likeness (QED) is 0.658. The first-order valence-corrected chi connectivity index (χ1v) is 6.22. The third kappa shape index (κ3) is 2.11. The van der Waals surface area contributed by atoms with Crippen LogP contribution in [0.1, 0.15) is 26.7 Å². The molecule has 0 unspecified atom stereocenters. The third-order valence-electron chi connectivity index (χ3n) is 2.68. The van der Waals surface area contributed by atoms with Gasteiger partial charge in [-0.25, -0.2) is 0 Å². The van der Waals surface area contributed by atoms with Crippen molar-refractivity contribution in [3.63, 3.8) is 0 Å². The number of rotatable bonds is 6. The Morgan fingerprint density at radius 1 is 1.00 bits per heavy atom. The van der Waals surface area contributed by atoms with Crippen molar-refractivity contribution in [1.82, 2.24) is 0 Å². The highest BCUT2D eigenvalue weighted by atomic mass is 28.4. The molecule has 0 amide bonds. The zero-order valence-electron chi connectivity index (χ0n) is 9.22. The molecule has 0 aliphatic rings. The van der Waals surface area contributed by atoms with Gasteiger partial charge in [-0.2, -0.15) is 0 Å². The molecule has 0 aliphatic heterocycles. The van der Waals surface area contributed by atoms with E-state index in [0.717, 1.165) is 12.8 Å². The van der Waals surface area contributed by atoms with Gasteiger partial charge in [0.1, 0.15) is 0 Å². The second kappa shape index (κ2) is 5.07. The average Bonchev–Trinajstić information content (AvgIpc) is 2.20. The smallest absolute Gasteiger partial charge is 0.376 e. The van der Waals surface area contributed by atoms with Gasteiger partial charge in [0.05, 0.1) is 5.16 Å². The summed E-state index contributed by atoms with van der Waals surface area (Å²) in [6.45, 7) is 4.03. The Morgan fingerprint density at radius 2 is 1.31 bits per heavy atom. The van der Waals surface area contributed by atoms with Crippen molar-refractivity contribution in [2.45, 2.75) is 31.9 Å². The monoisotopic (exact) mass is 207 g/mol. The first-order chi connectivity index (χ1) is 6.05. The fourth-order valence-electron chi connectivity index (χ4n) is 1.54. The molecule has 2 N–H and O–H groups in total. The van der Waals surface area contributed by atoms with E-state index in [9.17, 15) is 0 Å². The zero-order valence-corrected chi connectivity index (χ0v) is 10.2. The second-order valence-electron chi connectivity index (χ2n) is 3.03. The Labute approximate surface area is 81.7 Å². The molecule has 5 heteroatoms. The van der Waals surface area contributed by atoms with Crippen molar-refractivity contribution in [2.75, 3.05) is 21.3 Å². The van der Waals surface area contributed by atoms with Crippen LogP contribution in [0.5, 0.6) is 0 Å². The number of hydrogen-bond acceptors (Lipinski definition) is 4. The molecule has 0 heterocycles. The molecule has 4 nitrogen and oxygen atoms in total. The van der Waals surface area contributed by atoms with Crippen LogP contribution in [0.15, 0.2) is 0 Å². The highest BCUT2D eigenvalue weighted by Crippen LogP contribution is 2.26. The van der Waals surface area contributed by atoms with Crippen molar-refractivity contribution < 1.29 is 13.3 Å². The van der Waals surface area contributed by atoms with E-state index in [4.69, 9.17) is 19.0 Å². The summed E-state index contributed by atoms with van der Waals surface area (Å²) in [5.41, 5.74) is 6.19. The lowest BCUT2D eigenvalue weighted by molar-refractivity contribution is 0.0888. The van der Waals surface area contributed by atoms with Crippen LogP contribution >= 0.6 is 0 Å².